The molecule has 0 bridgehead atoms. The van der Waals surface area contributed by atoms with Crippen molar-refractivity contribution in [1.82, 2.24) is 10.9 Å². The largest absolute Gasteiger partial charge is 0.495 e. The number of benzene rings is 2. The van der Waals surface area contributed by atoms with E-state index in [-0.39, 0.29) is 23.3 Å². The second-order valence-electron chi connectivity index (χ2n) is 6.65. The summed E-state index contributed by atoms with van der Waals surface area (Å²) in [5.74, 6) is -0.954. The lowest BCUT2D eigenvalue weighted by atomic mass is 10.0. The van der Waals surface area contributed by atoms with Crippen molar-refractivity contribution in [1.29, 1.82) is 0 Å². The number of nitrogens with one attached hydrogen (secondary N) is 3. The van der Waals surface area contributed by atoms with E-state index in [2.05, 4.69) is 21.2 Å². The van der Waals surface area contributed by atoms with E-state index in [1.807, 2.05) is 6.07 Å². The highest BCUT2D eigenvalue weighted by Gasteiger charge is 2.43. The molecule has 156 valence electrons. The van der Waals surface area contributed by atoms with Crippen molar-refractivity contribution in [2.75, 3.05) is 29.6 Å². The van der Waals surface area contributed by atoms with Crippen molar-refractivity contribution in [2.24, 2.45) is 10.9 Å². The maximum Gasteiger partial charge on any atom is 0.241 e. The molecule has 0 spiro atoms. The van der Waals surface area contributed by atoms with Crippen LogP contribution in [0.3, 0.4) is 0 Å². The summed E-state index contributed by atoms with van der Waals surface area (Å²) in [4.78, 5) is 31.7. The number of carbonyl (C=O) groups excluding carboxylic acids is 2. The Hall–Kier alpha value is -2.95. The minimum atomic E-state index is -0.513. The van der Waals surface area contributed by atoms with Gasteiger partial charge < -0.3 is 10.1 Å². The zero-order chi connectivity index (χ0) is 21.1. The number of hydrogen-bond acceptors (Lipinski definition) is 7. The Morgan fingerprint density at radius 2 is 2.07 bits per heavy atom. The molecule has 3 N–H and O–H groups in total. The molecule has 0 aliphatic carbocycles. The maximum atomic E-state index is 13.8. The second kappa shape index (κ2) is 8.82. The van der Waals surface area contributed by atoms with Gasteiger partial charge in [0.05, 0.1) is 30.2 Å². The van der Waals surface area contributed by atoms with Gasteiger partial charge in [-0.05, 0) is 24.3 Å². The summed E-state index contributed by atoms with van der Waals surface area (Å²) in [6, 6.07) is 13.1. The number of methoxy groups -OCH3 is 1. The number of para-hydroxylation sites is 3. The summed E-state index contributed by atoms with van der Waals surface area (Å²) in [5.41, 5.74) is 6.58. The van der Waals surface area contributed by atoms with Crippen LogP contribution in [0.1, 0.15) is 0 Å². The monoisotopic (exact) mass is 429 g/mol. The summed E-state index contributed by atoms with van der Waals surface area (Å²) < 4.78 is 19.2. The minimum Gasteiger partial charge on any atom is -0.495 e. The first-order valence-electron chi connectivity index (χ1n) is 9.29. The molecule has 2 heterocycles. The fraction of sp³-hybridized carbons (Fsp3) is 0.250. The van der Waals surface area contributed by atoms with Gasteiger partial charge in [-0.3, -0.25) is 19.9 Å². The maximum absolute atomic E-state index is 13.8. The van der Waals surface area contributed by atoms with Gasteiger partial charge in [0.1, 0.15) is 17.7 Å². The fourth-order valence-corrected chi connectivity index (χ4v) is 4.12. The molecule has 2 aliphatic rings. The normalized spacial score (nSPS) is 20.5. The Kier molecular flexibility index (Phi) is 5.98. The lowest BCUT2D eigenvalue weighted by Gasteiger charge is -2.33. The quantitative estimate of drug-likeness (QED) is 0.673. The fourth-order valence-electron chi connectivity index (χ4n) is 3.28. The molecule has 0 aromatic heterocycles. The number of amides is 2. The van der Waals surface area contributed by atoms with Crippen molar-refractivity contribution < 1.29 is 18.7 Å². The first-order chi connectivity index (χ1) is 14.6. The van der Waals surface area contributed by atoms with Crippen LogP contribution in [0.2, 0.25) is 0 Å². The highest BCUT2D eigenvalue weighted by molar-refractivity contribution is 8.14. The highest BCUT2D eigenvalue weighted by atomic mass is 32.2. The lowest BCUT2D eigenvalue weighted by Crippen LogP contribution is -2.49. The molecule has 0 radical (unpaired) electrons. The number of nitrogens with zero attached hydrogens (tertiary/aromatic N) is 2. The van der Waals surface area contributed by atoms with Crippen LogP contribution in [-0.2, 0) is 9.59 Å². The Morgan fingerprint density at radius 1 is 1.30 bits per heavy atom. The topological polar surface area (TPSA) is 95.1 Å². The van der Waals surface area contributed by atoms with Gasteiger partial charge in [0.15, 0.2) is 5.17 Å². The first kappa shape index (κ1) is 20.3. The highest BCUT2D eigenvalue weighted by Crippen LogP contribution is 2.35. The summed E-state index contributed by atoms with van der Waals surface area (Å²) in [6.07, 6.45) is -0.416. The average Bonchev–Trinajstić information content (AvgIpc) is 3.23. The number of halogens is 1. The van der Waals surface area contributed by atoms with Gasteiger partial charge in [-0.25, -0.2) is 14.8 Å². The molecule has 30 heavy (non-hydrogen) atoms. The van der Waals surface area contributed by atoms with Gasteiger partial charge in [-0.15, -0.1) is 0 Å². The third kappa shape index (κ3) is 4.02. The van der Waals surface area contributed by atoms with E-state index in [9.17, 15) is 14.0 Å². The van der Waals surface area contributed by atoms with Crippen LogP contribution in [-0.4, -0.2) is 42.6 Å². The molecule has 8 nitrogen and oxygen atoms in total. The van der Waals surface area contributed by atoms with E-state index in [1.165, 1.54) is 24.1 Å². The Bertz CT molecular complexity index is 1000. The number of amidine groups is 1. The average molecular weight is 429 g/mol. The van der Waals surface area contributed by atoms with E-state index in [4.69, 9.17) is 4.74 Å². The van der Waals surface area contributed by atoms with Crippen LogP contribution < -0.4 is 25.8 Å². The molecule has 2 aliphatic heterocycles. The molecular weight excluding hydrogens is 409 g/mol. The van der Waals surface area contributed by atoms with E-state index in [0.717, 1.165) is 11.8 Å². The molecule has 1 fully saturated rings. The number of hydrogen-bond donors (Lipinski definition) is 3. The zero-order valence-electron chi connectivity index (χ0n) is 16.1. The third-order valence-electron chi connectivity index (χ3n) is 4.74. The molecule has 2 atom stereocenters. The minimum absolute atomic E-state index is 0.0447. The van der Waals surface area contributed by atoms with Crippen molar-refractivity contribution >= 4 is 40.1 Å². The van der Waals surface area contributed by atoms with Crippen molar-refractivity contribution in [3.8, 4) is 5.75 Å². The van der Waals surface area contributed by atoms with Crippen LogP contribution in [0.25, 0.3) is 0 Å². The molecule has 10 heteroatoms. The number of ether oxygens (including phenoxy) is 1. The summed E-state index contributed by atoms with van der Waals surface area (Å²) in [7, 11) is 1.53. The van der Waals surface area contributed by atoms with E-state index >= 15 is 0 Å². The van der Waals surface area contributed by atoms with Crippen LogP contribution >= 0.6 is 11.8 Å². The van der Waals surface area contributed by atoms with Crippen LogP contribution in [0.15, 0.2) is 53.5 Å². The lowest BCUT2D eigenvalue weighted by molar-refractivity contribution is -0.121. The number of rotatable bonds is 5. The molecule has 4 rings (SSSR count). The van der Waals surface area contributed by atoms with Crippen LogP contribution in [0.4, 0.5) is 15.8 Å². The van der Waals surface area contributed by atoms with Gasteiger partial charge in [-0.2, -0.15) is 0 Å². The summed E-state index contributed by atoms with van der Waals surface area (Å²) >= 11 is 1.10. The van der Waals surface area contributed by atoms with E-state index < -0.39 is 17.9 Å². The number of aliphatic imine (C=N–C) groups is 1. The Balaban J connectivity index is 1.56. The molecule has 1 saturated heterocycles. The molecular formula is C20H20FN5O3S. The third-order valence-corrected chi connectivity index (χ3v) is 5.69. The van der Waals surface area contributed by atoms with Crippen molar-refractivity contribution in [3.05, 3.63) is 54.3 Å². The van der Waals surface area contributed by atoms with Gasteiger partial charge in [0, 0.05) is 6.54 Å². The standard InChI is InChI=1S/C20H20FN5O3S/c1-29-16-9-5-4-8-15(16)26-19(28)12-10-22-25-18(12)24-20(26)30-11-17(27)23-14-7-3-2-6-13(14)21/h2-9,12,18,22,25H,10-11H2,1H3,(H,23,27). The first-order valence-corrected chi connectivity index (χ1v) is 10.3. The number of carbonyl (C=O) groups is 2. The van der Waals surface area contributed by atoms with Crippen molar-refractivity contribution in [2.45, 2.75) is 6.17 Å². The molecule has 2 aromatic rings. The molecule has 2 aromatic carbocycles. The zero-order valence-corrected chi connectivity index (χ0v) is 16.9. The van der Waals surface area contributed by atoms with Gasteiger partial charge in [0.2, 0.25) is 11.8 Å². The smallest absolute Gasteiger partial charge is 0.241 e. The molecule has 2 amide bonds. The number of thioether (sulfide) groups is 1. The number of hydrazine groups is 1. The second-order valence-corrected chi connectivity index (χ2v) is 7.59. The predicted octanol–water partition coefficient (Wildman–Crippen LogP) is 1.96. The Labute approximate surface area is 176 Å². The molecule has 2 unspecified atom stereocenters. The number of anilines is 2. The SMILES string of the molecule is COc1ccccc1N1C(=O)C2CNNC2N=C1SCC(=O)Nc1ccccc1F. The summed E-state index contributed by atoms with van der Waals surface area (Å²) in [6.45, 7) is 0.449. The predicted molar refractivity (Wildman–Crippen MR) is 114 cm³/mol. The van der Waals surface area contributed by atoms with Gasteiger partial charge >= 0.3 is 0 Å². The Morgan fingerprint density at radius 3 is 2.87 bits per heavy atom. The molecule has 0 saturated carbocycles. The summed E-state index contributed by atoms with van der Waals surface area (Å²) in [5, 5.41) is 2.90. The van der Waals surface area contributed by atoms with Crippen LogP contribution in [0, 0.1) is 11.7 Å². The number of fused-ring (bicyclic) bond motifs is 1. The van der Waals surface area contributed by atoms with Crippen LogP contribution in [0.5, 0.6) is 5.75 Å². The van der Waals surface area contributed by atoms with Gasteiger partial charge in [0.25, 0.3) is 0 Å². The van der Waals surface area contributed by atoms with E-state index in [1.54, 1.807) is 30.3 Å². The van der Waals surface area contributed by atoms with E-state index in [0.29, 0.717) is 23.1 Å². The van der Waals surface area contributed by atoms with Crippen molar-refractivity contribution in [3.63, 3.8) is 0 Å². The van der Waals surface area contributed by atoms with Gasteiger partial charge in [-0.1, -0.05) is 36.0 Å².